The van der Waals surface area contributed by atoms with Gasteiger partial charge in [-0.15, -0.1) is 0 Å². The summed E-state index contributed by atoms with van der Waals surface area (Å²) in [5.41, 5.74) is 10.4. The third kappa shape index (κ3) is 2.28. The number of pyridine rings is 1. The SMILES string of the molecule is Cc1ccc(Nc2ccc(N)c3ncccc23)cc1Cl. The van der Waals surface area contributed by atoms with Crippen LogP contribution in [-0.2, 0) is 0 Å². The van der Waals surface area contributed by atoms with Crippen LogP contribution in [0.4, 0.5) is 17.1 Å². The van der Waals surface area contributed by atoms with Gasteiger partial charge in [0, 0.05) is 28.0 Å². The van der Waals surface area contributed by atoms with Crippen molar-refractivity contribution in [2.24, 2.45) is 0 Å². The lowest BCUT2D eigenvalue weighted by Crippen LogP contribution is -1.95. The van der Waals surface area contributed by atoms with Crippen LogP contribution in [0.1, 0.15) is 5.56 Å². The number of fused-ring (bicyclic) bond motifs is 1. The Morgan fingerprint density at radius 3 is 2.80 bits per heavy atom. The zero-order valence-electron chi connectivity index (χ0n) is 11.0. The fourth-order valence-corrected chi connectivity index (χ4v) is 2.31. The molecule has 0 aliphatic heterocycles. The number of nitrogen functional groups attached to an aromatic ring is 1. The molecule has 0 aliphatic rings. The van der Waals surface area contributed by atoms with Gasteiger partial charge in [-0.25, -0.2) is 0 Å². The Labute approximate surface area is 122 Å². The van der Waals surface area contributed by atoms with Crippen LogP contribution in [0.3, 0.4) is 0 Å². The van der Waals surface area contributed by atoms with Crippen molar-refractivity contribution >= 4 is 39.6 Å². The van der Waals surface area contributed by atoms with Gasteiger partial charge in [0.2, 0.25) is 0 Å². The summed E-state index contributed by atoms with van der Waals surface area (Å²) in [5, 5.41) is 5.10. The molecule has 3 aromatic rings. The quantitative estimate of drug-likeness (QED) is 0.680. The van der Waals surface area contributed by atoms with Crippen molar-refractivity contribution in [3.63, 3.8) is 0 Å². The van der Waals surface area contributed by atoms with Gasteiger partial charge in [0.15, 0.2) is 0 Å². The Morgan fingerprint density at radius 1 is 1.15 bits per heavy atom. The Kier molecular flexibility index (Phi) is 3.20. The molecule has 0 atom stereocenters. The number of hydrogen-bond acceptors (Lipinski definition) is 3. The van der Waals surface area contributed by atoms with E-state index in [9.17, 15) is 0 Å². The smallest absolute Gasteiger partial charge is 0.0951 e. The van der Waals surface area contributed by atoms with Crippen LogP contribution < -0.4 is 11.1 Å². The predicted octanol–water partition coefficient (Wildman–Crippen LogP) is 4.52. The minimum Gasteiger partial charge on any atom is -0.397 e. The summed E-state index contributed by atoms with van der Waals surface area (Å²) in [6, 6.07) is 13.6. The van der Waals surface area contributed by atoms with E-state index in [0.717, 1.165) is 32.9 Å². The molecule has 3 N–H and O–H groups in total. The Bertz CT molecular complexity index is 784. The second-order valence-corrected chi connectivity index (χ2v) is 5.10. The van der Waals surface area contributed by atoms with E-state index in [1.165, 1.54) is 0 Å². The maximum absolute atomic E-state index is 6.15. The van der Waals surface area contributed by atoms with Gasteiger partial charge >= 0.3 is 0 Å². The second kappa shape index (κ2) is 5.02. The molecule has 0 radical (unpaired) electrons. The molecule has 0 unspecified atom stereocenters. The van der Waals surface area contributed by atoms with Crippen molar-refractivity contribution in [3.8, 4) is 0 Å². The minimum atomic E-state index is 0.674. The van der Waals surface area contributed by atoms with Crippen molar-refractivity contribution in [1.29, 1.82) is 0 Å². The average Bonchev–Trinajstić information content (AvgIpc) is 2.46. The average molecular weight is 284 g/mol. The van der Waals surface area contributed by atoms with Gasteiger partial charge in [-0.3, -0.25) is 4.98 Å². The van der Waals surface area contributed by atoms with Crippen molar-refractivity contribution in [1.82, 2.24) is 4.98 Å². The Balaban J connectivity index is 2.06. The molecule has 4 heteroatoms. The molecule has 0 spiro atoms. The number of benzene rings is 2. The van der Waals surface area contributed by atoms with Gasteiger partial charge in [0.05, 0.1) is 11.2 Å². The minimum absolute atomic E-state index is 0.674. The van der Waals surface area contributed by atoms with Crippen LogP contribution in [0.2, 0.25) is 5.02 Å². The van der Waals surface area contributed by atoms with Crippen LogP contribution in [0, 0.1) is 6.92 Å². The van der Waals surface area contributed by atoms with E-state index in [4.69, 9.17) is 17.3 Å². The van der Waals surface area contributed by atoms with Crippen molar-refractivity contribution in [2.45, 2.75) is 6.92 Å². The lowest BCUT2D eigenvalue weighted by molar-refractivity contribution is 1.41. The molecular formula is C16H14ClN3. The molecule has 1 heterocycles. The molecule has 0 saturated carbocycles. The van der Waals surface area contributed by atoms with E-state index in [1.807, 2.05) is 49.4 Å². The number of rotatable bonds is 2. The maximum Gasteiger partial charge on any atom is 0.0951 e. The maximum atomic E-state index is 6.15. The summed E-state index contributed by atoms with van der Waals surface area (Å²) in [5.74, 6) is 0. The van der Waals surface area contributed by atoms with E-state index in [1.54, 1.807) is 6.20 Å². The van der Waals surface area contributed by atoms with Crippen LogP contribution in [0.15, 0.2) is 48.7 Å². The molecule has 0 bridgehead atoms. The number of nitrogens with zero attached hydrogens (tertiary/aromatic N) is 1. The third-order valence-corrected chi connectivity index (χ3v) is 3.66. The molecule has 100 valence electrons. The summed E-state index contributed by atoms with van der Waals surface area (Å²) >= 11 is 6.15. The first-order valence-corrected chi connectivity index (χ1v) is 6.69. The van der Waals surface area contributed by atoms with E-state index >= 15 is 0 Å². The topological polar surface area (TPSA) is 50.9 Å². The van der Waals surface area contributed by atoms with Crippen LogP contribution in [0.5, 0.6) is 0 Å². The monoisotopic (exact) mass is 283 g/mol. The molecule has 3 rings (SSSR count). The molecule has 2 aromatic carbocycles. The fourth-order valence-electron chi connectivity index (χ4n) is 2.13. The number of nitrogens with two attached hydrogens (primary N) is 1. The van der Waals surface area contributed by atoms with Gasteiger partial charge in [0.25, 0.3) is 0 Å². The highest BCUT2D eigenvalue weighted by Crippen LogP contribution is 2.30. The standard InChI is InChI=1S/C16H14ClN3/c1-10-4-5-11(9-13(10)17)20-15-7-6-14(18)16-12(15)3-2-8-19-16/h2-9,20H,18H2,1H3. The van der Waals surface area contributed by atoms with Crippen LogP contribution in [-0.4, -0.2) is 4.98 Å². The summed E-state index contributed by atoms with van der Waals surface area (Å²) < 4.78 is 0. The zero-order chi connectivity index (χ0) is 14.1. The molecule has 0 fully saturated rings. The number of aromatic nitrogens is 1. The first kappa shape index (κ1) is 12.8. The zero-order valence-corrected chi connectivity index (χ0v) is 11.8. The second-order valence-electron chi connectivity index (χ2n) is 4.69. The van der Waals surface area contributed by atoms with E-state index in [0.29, 0.717) is 5.69 Å². The Hall–Kier alpha value is -2.26. The predicted molar refractivity (Wildman–Crippen MR) is 85.6 cm³/mol. The van der Waals surface area contributed by atoms with Gasteiger partial charge in [-0.05, 0) is 48.9 Å². The molecule has 0 amide bonds. The van der Waals surface area contributed by atoms with Crippen molar-refractivity contribution in [2.75, 3.05) is 11.1 Å². The van der Waals surface area contributed by atoms with E-state index < -0.39 is 0 Å². The van der Waals surface area contributed by atoms with Crippen molar-refractivity contribution in [3.05, 3.63) is 59.2 Å². The molecule has 3 nitrogen and oxygen atoms in total. The molecular weight excluding hydrogens is 270 g/mol. The summed E-state index contributed by atoms with van der Waals surface area (Å²) in [4.78, 5) is 4.32. The summed E-state index contributed by atoms with van der Waals surface area (Å²) in [7, 11) is 0. The number of hydrogen-bond donors (Lipinski definition) is 2. The number of nitrogens with one attached hydrogen (secondary N) is 1. The molecule has 0 aliphatic carbocycles. The van der Waals surface area contributed by atoms with E-state index in [2.05, 4.69) is 10.3 Å². The summed E-state index contributed by atoms with van der Waals surface area (Å²) in [6.07, 6.45) is 1.74. The third-order valence-electron chi connectivity index (χ3n) is 3.25. The highest BCUT2D eigenvalue weighted by molar-refractivity contribution is 6.31. The lowest BCUT2D eigenvalue weighted by atomic mass is 10.1. The van der Waals surface area contributed by atoms with Crippen molar-refractivity contribution < 1.29 is 0 Å². The fraction of sp³-hybridized carbons (Fsp3) is 0.0625. The van der Waals surface area contributed by atoms with Gasteiger partial charge in [0.1, 0.15) is 0 Å². The van der Waals surface area contributed by atoms with Gasteiger partial charge in [-0.1, -0.05) is 17.7 Å². The van der Waals surface area contributed by atoms with Crippen LogP contribution in [0.25, 0.3) is 10.9 Å². The normalized spacial score (nSPS) is 10.7. The number of aryl methyl sites for hydroxylation is 1. The Morgan fingerprint density at radius 2 is 2.00 bits per heavy atom. The molecule has 20 heavy (non-hydrogen) atoms. The lowest BCUT2D eigenvalue weighted by Gasteiger charge is -2.11. The first-order valence-electron chi connectivity index (χ1n) is 6.31. The van der Waals surface area contributed by atoms with Gasteiger partial charge < -0.3 is 11.1 Å². The number of anilines is 3. The summed E-state index contributed by atoms with van der Waals surface area (Å²) in [6.45, 7) is 1.98. The number of halogens is 1. The van der Waals surface area contributed by atoms with Gasteiger partial charge in [-0.2, -0.15) is 0 Å². The first-order chi connectivity index (χ1) is 9.65. The molecule has 0 saturated heterocycles. The molecule has 1 aromatic heterocycles. The van der Waals surface area contributed by atoms with E-state index in [-0.39, 0.29) is 0 Å². The highest BCUT2D eigenvalue weighted by atomic mass is 35.5. The highest BCUT2D eigenvalue weighted by Gasteiger charge is 2.05. The van der Waals surface area contributed by atoms with Crippen LogP contribution >= 0.6 is 11.6 Å². The largest absolute Gasteiger partial charge is 0.397 e.